The number of rotatable bonds is 10. The first kappa shape index (κ1) is 22.3. The number of amides is 1. The van der Waals surface area contributed by atoms with Crippen molar-refractivity contribution in [1.29, 1.82) is 0 Å². The summed E-state index contributed by atoms with van der Waals surface area (Å²) in [6.07, 6.45) is 2.58. The van der Waals surface area contributed by atoms with Gasteiger partial charge in [-0.25, -0.2) is 0 Å². The lowest BCUT2D eigenvalue weighted by Crippen LogP contribution is -2.15. The highest BCUT2D eigenvalue weighted by Crippen LogP contribution is 2.22. The lowest BCUT2D eigenvalue weighted by atomic mass is 10.1. The Morgan fingerprint density at radius 2 is 1.88 bits per heavy atom. The largest absolute Gasteiger partial charge is 0.325 e. The quantitative estimate of drug-likeness (QED) is 0.318. The Kier molecular flexibility index (Phi) is 7.74. The van der Waals surface area contributed by atoms with E-state index in [-0.39, 0.29) is 5.91 Å². The molecule has 0 unspecified atom stereocenters. The molecule has 7 heteroatoms. The summed E-state index contributed by atoms with van der Waals surface area (Å²) >= 11 is 3.15. The summed E-state index contributed by atoms with van der Waals surface area (Å²) in [5.41, 5.74) is 3.31. The lowest BCUT2D eigenvalue weighted by molar-refractivity contribution is -0.113. The normalized spacial score (nSPS) is 10.9. The van der Waals surface area contributed by atoms with E-state index >= 15 is 0 Å². The minimum absolute atomic E-state index is 0.0410. The standard InChI is InChI=1S/C25H26N4OS2/c1-2-19-10-6-11-21(16-19)26-24(30)18-32-25-28-27-23(17-22-12-7-15-31-22)29(25)14-13-20-8-4-3-5-9-20/h3-12,15-16H,2,13-14,17-18H2,1H3,(H,26,30). The van der Waals surface area contributed by atoms with Gasteiger partial charge in [0.2, 0.25) is 5.91 Å². The van der Waals surface area contributed by atoms with Gasteiger partial charge in [0, 0.05) is 23.5 Å². The second kappa shape index (κ2) is 11.1. The molecule has 2 aromatic carbocycles. The van der Waals surface area contributed by atoms with E-state index in [4.69, 9.17) is 0 Å². The summed E-state index contributed by atoms with van der Waals surface area (Å²) in [5, 5.41) is 14.7. The van der Waals surface area contributed by atoms with Gasteiger partial charge in [-0.05, 0) is 47.5 Å². The highest BCUT2D eigenvalue weighted by atomic mass is 32.2. The van der Waals surface area contributed by atoms with Crippen molar-refractivity contribution in [3.8, 4) is 0 Å². The first-order chi connectivity index (χ1) is 15.7. The van der Waals surface area contributed by atoms with E-state index < -0.39 is 0 Å². The van der Waals surface area contributed by atoms with Crippen molar-refractivity contribution >= 4 is 34.7 Å². The van der Waals surface area contributed by atoms with E-state index in [2.05, 4.69) is 74.8 Å². The van der Waals surface area contributed by atoms with Gasteiger partial charge in [-0.2, -0.15) is 0 Å². The third kappa shape index (κ3) is 6.08. The Labute approximate surface area is 196 Å². The molecule has 1 N–H and O–H groups in total. The van der Waals surface area contributed by atoms with Crippen LogP contribution in [0.25, 0.3) is 0 Å². The van der Waals surface area contributed by atoms with Crippen molar-refractivity contribution in [3.05, 3.63) is 93.9 Å². The van der Waals surface area contributed by atoms with Gasteiger partial charge < -0.3 is 9.88 Å². The number of hydrogen-bond acceptors (Lipinski definition) is 5. The Balaban J connectivity index is 1.44. The van der Waals surface area contributed by atoms with E-state index in [0.717, 1.165) is 42.5 Å². The highest BCUT2D eigenvalue weighted by molar-refractivity contribution is 7.99. The molecule has 0 bridgehead atoms. The topological polar surface area (TPSA) is 59.8 Å². The monoisotopic (exact) mass is 462 g/mol. The zero-order valence-corrected chi connectivity index (χ0v) is 19.7. The van der Waals surface area contributed by atoms with E-state index in [0.29, 0.717) is 5.75 Å². The summed E-state index contributed by atoms with van der Waals surface area (Å²) in [6.45, 7) is 2.88. The number of aryl methyl sites for hydroxylation is 2. The molecule has 2 aromatic heterocycles. The van der Waals surface area contributed by atoms with E-state index in [9.17, 15) is 4.79 Å². The zero-order valence-electron chi connectivity index (χ0n) is 18.0. The predicted molar refractivity (Wildman–Crippen MR) is 132 cm³/mol. The molecular weight excluding hydrogens is 436 g/mol. The smallest absolute Gasteiger partial charge is 0.234 e. The average molecular weight is 463 g/mol. The molecule has 4 rings (SSSR count). The fraction of sp³-hybridized carbons (Fsp3) is 0.240. The van der Waals surface area contributed by atoms with Crippen LogP contribution in [0.15, 0.2) is 77.3 Å². The van der Waals surface area contributed by atoms with E-state index in [1.165, 1.54) is 27.8 Å². The van der Waals surface area contributed by atoms with Crippen molar-refractivity contribution in [2.75, 3.05) is 11.1 Å². The number of benzene rings is 2. The van der Waals surface area contributed by atoms with Crippen LogP contribution in [0.5, 0.6) is 0 Å². The number of aromatic nitrogens is 3. The van der Waals surface area contributed by atoms with Gasteiger partial charge in [0.15, 0.2) is 5.16 Å². The van der Waals surface area contributed by atoms with Crippen LogP contribution in [0.2, 0.25) is 0 Å². The maximum absolute atomic E-state index is 12.6. The molecule has 5 nitrogen and oxygen atoms in total. The van der Waals surface area contributed by atoms with Gasteiger partial charge in [-0.15, -0.1) is 21.5 Å². The number of hydrogen-bond donors (Lipinski definition) is 1. The molecule has 0 radical (unpaired) electrons. The minimum Gasteiger partial charge on any atom is -0.325 e. The number of nitrogens with zero attached hydrogens (tertiary/aromatic N) is 3. The Bertz CT molecular complexity index is 1140. The fourth-order valence-electron chi connectivity index (χ4n) is 3.43. The molecule has 0 aliphatic rings. The van der Waals surface area contributed by atoms with Gasteiger partial charge in [-0.3, -0.25) is 4.79 Å². The highest BCUT2D eigenvalue weighted by Gasteiger charge is 2.15. The minimum atomic E-state index is -0.0410. The number of nitrogens with one attached hydrogen (secondary N) is 1. The van der Waals surface area contributed by atoms with Crippen LogP contribution in [0.4, 0.5) is 5.69 Å². The summed E-state index contributed by atoms with van der Waals surface area (Å²) in [6, 6.07) is 22.6. The maximum Gasteiger partial charge on any atom is 0.234 e. The number of thioether (sulfide) groups is 1. The molecule has 0 aliphatic heterocycles. The number of carbonyl (C=O) groups is 1. The van der Waals surface area contributed by atoms with Crippen LogP contribution in [-0.4, -0.2) is 26.4 Å². The fourth-order valence-corrected chi connectivity index (χ4v) is 4.92. The second-order valence-corrected chi connectivity index (χ2v) is 9.41. The SMILES string of the molecule is CCc1cccc(NC(=O)CSc2nnc(Cc3cccs3)n2CCc2ccccc2)c1. The van der Waals surface area contributed by atoms with Crippen molar-refractivity contribution in [3.63, 3.8) is 0 Å². The van der Waals surface area contributed by atoms with Crippen LogP contribution in [-0.2, 0) is 30.6 Å². The summed E-state index contributed by atoms with van der Waals surface area (Å²) < 4.78 is 2.16. The van der Waals surface area contributed by atoms with Crippen LogP contribution in [0.1, 0.15) is 28.8 Å². The lowest BCUT2D eigenvalue weighted by Gasteiger charge is -2.10. The van der Waals surface area contributed by atoms with Crippen LogP contribution in [0.3, 0.4) is 0 Å². The Hall–Kier alpha value is -2.90. The third-order valence-corrected chi connectivity index (χ3v) is 6.97. The molecule has 0 saturated carbocycles. The molecular formula is C25H26N4OS2. The first-order valence-corrected chi connectivity index (χ1v) is 12.6. The number of anilines is 1. The van der Waals surface area contributed by atoms with Gasteiger partial charge in [0.25, 0.3) is 0 Å². The Morgan fingerprint density at radius 1 is 1.03 bits per heavy atom. The summed E-state index contributed by atoms with van der Waals surface area (Å²) in [4.78, 5) is 13.8. The predicted octanol–water partition coefficient (Wildman–Crippen LogP) is 5.47. The molecule has 0 saturated heterocycles. The Morgan fingerprint density at radius 3 is 2.66 bits per heavy atom. The van der Waals surface area contributed by atoms with Crippen LogP contribution < -0.4 is 5.32 Å². The zero-order chi connectivity index (χ0) is 22.2. The van der Waals surface area contributed by atoms with Crippen molar-refractivity contribution < 1.29 is 4.79 Å². The molecule has 32 heavy (non-hydrogen) atoms. The molecule has 164 valence electrons. The molecule has 0 atom stereocenters. The van der Waals surface area contributed by atoms with Gasteiger partial charge >= 0.3 is 0 Å². The summed E-state index contributed by atoms with van der Waals surface area (Å²) in [5.74, 6) is 1.18. The third-order valence-electron chi connectivity index (χ3n) is 5.12. The molecule has 2 heterocycles. The van der Waals surface area contributed by atoms with E-state index in [1.807, 2.05) is 24.3 Å². The molecule has 1 amide bonds. The van der Waals surface area contributed by atoms with Gasteiger partial charge in [0.05, 0.1) is 5.75 Å². The number of thiophene rings is 1. The second-order valence-electron chi connectivity index (χ2n) is 7.43. The average Bonchev–Trinajstić information content (AvgIpc) is 3.47. The van der Waals surface area contributed by atoms with Crippen LogP contribution >= 0.6 is 23.1 Å². The summed E-state index contributed by atoms with van der Waals surface area (Å²) in [7, 11) is 0. The van der Waals surface area contributed by atoms with Crippen molar-refractivity contribution in [2.45, 2.75) is 37.9 Å². The molecule has 0 spiro atoms. The molecule has 4 aromatic rings. The first-order valence-electron chi connectivity index (χ1n) is 10.7. The maximum atomic E-state index is 12.6. The van der Waals surface area contributed by atoms with E-state index in [1.54, 1.807) is 11.3 Å². The molecule has 0 aliphatic carbocycles. The van der Waals surface area contributed by atoms with Crippen molar-refractivity contribution in [1.82, 2.24) is 14.8 Å². The van der Waals surface area contributed by atoms with Crippen molar-refractivity contribution in [2.24, 2.45) is 0 Å². The molecule has 0 fully saturated rings. The number of carbonyl (C=O) groups excluding carboxylic acids is 1. The van der Waals surface area contributed by atoms with Gasteiger partial charge in [-0.1, -0.05) is 67.2 Å². The van der Waals surface area contributed by atoms with Crippen LogP contribution in [0, 0.1) is 0 Å². The van der Waals surface area contributed by atoms with Gasteiger partial charge in [0.1, 0.15) is 5.82 Å².